The van der Waals surface area contributed by atoms with E-state index >= 15 is 0 Å². The molecule has 5 nitrogen and oxygen atoms in total. The molecule has 2 rings (SSSR count). The van der Waals surface area contributed by atoms with E-state index in [4.69, 9.17) is 4.52 Å². The molecule has 1 aromatic carbocycles. The van der Waals surface area contributed by atoms with E-state index in [-0.39, 0.29) is 12.2 Å². The van der Waals surface area contributed by atoms with Gasteiger partial charge >= 0.3 is 5.51 Å². The summed E-state index contributed by atoms with van der Waals surface area (Å²) < 4.78 is 67.0. The molecule has 1 aromatic heterocycles. The second-order valence-corrected chi connectivity index (χ2v) is 6.99. The van der Waals surface area contributed by atoms with Crippen molar-refractivity contribution in [2.45, 2.75) is 30.8 Å². The number of hydrogen-bond donors (Lipinski definition) is 0. The third-order valence-electron chi connectivity index (χ3n) is 3.45. The Balaban J connectivity index is 2.45. The van der Waals surface area contributed by atoms with E-state index < -0.39 is 20.2 Å². The molecule has 23 heavy (non-hydrogen) atoms. The highest BCUT2D eigenvalue weighted by Crippen LogP contribution is 2.36. The summed E-state index contributed by atoms with van der Waals surface area (Å²) in [4.78, 5) is 0.646. The van der Waals surface area contributed by atoms with Gasteiger partial charge in [-0.05, 0) is 26.0 Å². The normalized spacial score (nSPS) is 12.4. The minimum atomic E-state index is -5.43. The topological polar surface area (TPSA) is 63.4 Å². The molecule has 1 heterocycles. The molecule has 0 bridgehead atoms. The van der Waals surface area contributed by atoms with Gasteiger partial charge in [0, 0.05) is 19.2 Å². The molecule has 0 N–H and O–H groups in total. The number of alkyl halides is 3. The number of benzene rings is 1. The fourth-order valence-corrected chi connectivity index (χ4v) is 3.18. The second-order valence-electron chi connectivity index (χ2n) is 5.08. The second kappa shape index (κ2) is 5.88. The number of aryl methyl sites for hydroxylation is 2. The highest BCUT2D eigenvalue weighted by molar-refractivity contribution is 7.92. The lowest BCUT2D eigenvalue weighted by molar-refractivity contribution is -0.0435. The maximum Gasteiger partial charge on any atom is 0.501 e. The molecule has 0 spiro atoms. The SMILES string of the molecule is Cc1noc(C)c1CN(C)c1ccccc1S(=O)(=O)C(F)(F)F. The van der Waals surface area contributed by atoms with Crippen LogP contribution in [0, 0.1) is 13.8 Å². The van der Waals surface area contributed by atoms with Gasteiger partial charge in [-0.25, -0.2) is 8.42 Å². The summed E-state index contributed by atoms with van der Waals surface area (Å²) in [6.07, 6.45) is 0. The largest absolute Gasteiger partial charge is 0.501 e. The van der Waals surface area contributed by atoms with Crippen molar-refractivity contribution in [1.29, 1.82) is 0 Å². The highest BCUT2D eigenvalue weighted by Gasteiger charge is 2.48. The molecular formula is C14H15F3N2O3S. The molecular weight excluding hydrogens is 333 g/mol. The molecule has 0 radical (unpaired) electrons. The molecule has 9 heteroatoms. The lowest BCUT2D eigenvalue weighted by Gasteiger charge is -2.22. The van der Waals surface area contributed by atoms with E-state index in [1.807, 2.05) is 0 Å². The minimum Gasteiger partial charge on any atom is -0.369 e. The van der Waals surface area contributed by atoms with Crippen molar-refractivity contribution < 1.29 is 26.1 Å². The summed E-state index contributed by atoms with van der Waals surface area (Å²) in [5.74, 6) is 0.533. The minimum absolute atomic E-state index is 0.0372. The predicted molar refractivity (Wildman–Crippen MR) is 77.8 cm³/mol. The summed E-state index contributed by atoms with van der Waals surface area (Å²) in [5, 5.41) is 3.77. The average Bonchev–Trinajstić information content (AvgIpc) is 2.78. The third kappa shape index (κ3) is 3.19. The van der Waals surface area contributed by atoms with Gasteiger partial charge in [0.05, 0.1) is 16.3 Å². The zero-order chi connectivity index (χ0) is 17.4. The number of hydrogen-bond acceptors (Lipinski definition) is 5. The van der Waals surface area contributed by atoms with Crippen LogP contribution < -0.4 is 4.90 Å². The molecule has 0 saturated carbocycles. The summed E-state index contributed by atoms with van der Waals surface area (Å²) in [7, 11) is -3.92. The van der Waals surface area contributed by atoms with E-state index in [2.05, 4.69) is 5.16 Å². The highest BCUT2D eigenvalue weighted by atomic mass is 32.2. The van der Waals surface area contributed by atoms with E-state index in [1.54, 1.807) is 13.8 Å². The molecule has 0 aliphatic rings. The maximum absolute atomic E-state index is 12.8. The van der Waals surface area contributed by atoms with Crippen molar-refractivity contribution in [3.8, 4) is 0 Å². The van der Waals surface area contributed by atoms with Crippen molar-refractivity contribution in [2.75, 3.05) is 11.9 Å². The van der Waals surface area contributed by atoms with Gasteiger partial charge in [0.2, 0.25) is 0 Å². The summed E-state index contributed by atoms with van der Waals surface area (Å²) >= 11 is 0. The van der Waals surface area contributed by atoms with Crippen molar-refractivity contribution in [3.63, 3.8) is 0 Å². The van der Waals surface area contributed by atoms with Crippen LogP contribution in [0.25, 0.3) is 0 Å². The summed E-state index contributed by atoms with van der Waals surface area (Å²) in [6.45, 7) is 3.56. The molecule has 0 amide bonds. The van der Waals surface area contributed by atoms with Crippen LogP contribution in [0.5, 0.6) is 0 Å². The van der Waals surface area contributed by atoms with Crippen LogP contribution in [0.4, 0.5) is 18.9 Å². The van der Waals surface area contributed by atoms with Crippen LogP contribution in [0.2, 0.25) is 0 Å². The fourth-order valence-electron chi connectivity index (χ4n) is 2.17. The number of sulfone groups is 1. The van der Waals surface area contributed by atoms with E-state index in [0.717, 1.165) is 6.07 Å². The molecule has 0 fully saturated rings. The Morgan fingerprint density at radius 3 is 2.35 bits per heavy atom. The van der Waals surface area contributed by atoms with Gasteiger partial charge in [-0.2, -0.15) is 13.2 Å². The zero-order valence-corrected chi connectivity index (χ0v) is 13.5. The van der Waals surface area contributed by atoms with Crippen molar-refractivity contribution in [3.05, 3.63) is 41.3 Å². The number of anilines is 1. The Morgan fingerprint density at radius 1 is 1.22 bits per heavy atom. The Labute approximate surface area is 131 Å². The van der Waals surface area contributed by atoms with Crippen molar-refractivity contribution in [1.82, 2.24) is 5.16 Å². The number of para-hydroxylation sites is 1. The molecule has 2 aromatic rings. The van der Waals surface area contributed by atoms with Crippen LogP contribution in [0.1, 0.15) is 17.0 Å². The Bertz CT molecular complexity index is 793. The maximum atomic E-state index is 12.8. The Morgan fingerprint density at radius 2 is 1.83 bits per heavy atom. The summed E-state index contributed by atoms with van der Waals surface area (Å²) in [5.41, 5.74) is -4.09. The Hall–Kier alpha value is -2.03. The van der Waals surface area contributed by atoms with Gasteiger partial charge in [0.15, 0.2) is 0 Å². The molecule has 0 aliphatic carbocycles. The van der Waals surface area contributed by atoms with Crippen LogP contribution in [-0.2, 0) is 16.4 Å². The van der Waals surface area contributed by atoms with Gasteiger partial charge in [0.25, 0.3) is 9.84 Å². The van der Waals surface area contributed by atoms with Gasteiger partial charge in [0.1, 0.15) is 5.76 Å². The first-order valence-electron chi connectivity index (χ1n) is 6.59. The Kier molecular flexibility index (Phi) is 4.43. The van der Waals surface area contributed by atoms with Crippen LogP contribution >= 0.6 is 0 Å². The molecule has 0 atom stereocenters. The fraction of sp³-hybridized carbons (Fsp3) is 0.357. The number of rotatable bonds is 4. The van der Waals surface area contributed by atoms with Crippen LogP contribution in [-0.4, -0.2) is 26.1 Å². The van der Waals surface area contributed by atoms with E-state index in [0.29, 0.717) is 17.0 Å². The third-order valence-corrected chi connectivity index (χ3v) is 4.98. The molecule has 0 unspecified atom stereocenters. The number of aromatic nitrogens is 1. The number of halogens is 3. The average molecular weight is 348 g/mol. The monoisotopic (exact) mass is 348 g/mol. The summed E-state index contributed by atoms with van der Waals surface area (Å²) in [6, 6.07) is 5.01. The quantitative estimate of drug-likeness (QED) is 0.849. The van der Waals surface area contributed by atoms with Crippen molar-refractivity contribution >= 4 is 15.5 Å². The lowest BCUT2D eigenvalue weighted by atomic mass is 10.2. The van der Waals surface area contributed by atoms with Gasteiger partial charge in [-0.15, -0.1) is 0 Å². The number of nitrogens with zero attached hydrogens (tertiary/aromatic N) is 2. The first-order chi connectivity index (χ1) is 10.6. The van der Waals surface area contributed by atoms with E-state index in [9.17, 15) is 21.6 Å². The molecule has 126 valence electrons. The van der Waals surface area contributed by atoms with Gasteiger partial charge in [-0.1, -0.05) is 17.3 Å². The molecule has 0 aliphatic heterocycles. The van der Waals surface area contributed by atoms with Gasteiger partial charge in [-0.3, -0.25) is 0 Å². The first kappa shape index (κ1) is 17.3. The van der Waals surface area contributed by atoms with E-state index in [1.165, 1.54) is 30.1 Å². The predicted octanol–water partition coefficient (Wildman–Crippen LogP) is 3.22. The lowest BCUT2D eigenvalue weighted by Crippen LogP contribution is -2.26. The van der Waals surface area contributed by atoms with Crippen molar-refractivity contribution in [2.24, 2.45) is 0 Å². The molecule has 0 saturated heterocycles. The van der Waals surface area contributed by atoms with Crippen LogP contribution in [0.3, 0.4) is 0 Å². The smallest absolute Gasteiger partial charge is 0.369 e. The van der Waals surface area contributed by atoms with Gasteiger partial charge < -0.3 is 9.42 Å². The zero-order valence-electron chi connectivity index (χ0n) is 12.7. The van der Waals surface area contributed by atoms with Crippen LogP contribution in [0.15, 0.2) is 33.7 Å². The standard InChI is InChI=1S/C14H15F3N2O3S/c1-9-11(10(2)22-18-9)8-19(3)12-6-4-5-7-13(12)23(20,21)14(15,16)17/h4-7H,8H2,1-3H3. The first-order valence-corrected chi connectivity index (χ1v) is 8.07.